The molecule has 4 rings (SSSR count). The van der Waals surface area contributed by atoms with Gasteiger partial charge in [0.05, 0.1) is 24.0 Å². The highest BCUT2D eigenvalue weighted by molar-refractivity contribution is 5.86. The molecule has 0 bridgehead atoms. The van der Waals surface area contributed by atoms with Crippen LogP contribution in [0.5, 0.6) is 0 Å². The van der Waals surface area contributed by atoms with E-state index in [4.69, 9.17) is 11.5 Å². The maximum absolute atomic E-state index is 12.3. The number of aryl methyl sites for hydroxylation is 1. The van der Waals surface area contributed by atoms with Gasteiger partial charge in [-0.25, -0.2) is 17.7 Å². The summed E-state index contributed by atoms with van der Waals surface area (Å²) in [5, 5.41) is 12.0. The van der Waals surface area contributed by atoms with Crippen molar-refractivity contribution >= 4 is 28.9 Å². The first-order valence-electron chi connectivity index (χ1n) is 11.0. The van der Waals surface area contributed by atoms with Crippen molar-refractivity contribution in [3.63, 3.8) is 0 Å². The number of hydrogen-bond acceptors (Lipinski definition) is 8. The fourth-order valence-corrected chi connectivity index (χ4v) is 3.56. The zero-order valence-corrected chi connectivity index (χ0v) is 19.7. The minimum atomic E-state index is -2.41. The Morgan fingerprint density at radius 2 is 2.00 bits per heavy atom. The Hall–Kier alpha value is -3.77. The van der Waals surface area contributed by atoms with Gasteiger partial charge in [0.1, 0.15) is 17.4 Å². The maximum Gasteiger partial charge on any atom is 0.240 e. The molecule has 188 valence electrons. The van der Waals surface area contributed by atoms with Gasteiger partial charge < -0.3 is 16.4 Å². The summed E-state index contributed by atoms with van der Waals surface area (Å²) in [6.45, 7) is 5.73. The zero-order chi connectivity index (χ0) is 25.7. The maximum atomic E-state index is 12.3. The molecule has 0 radical (unpaired) electrons. The molecule has 2 atom stereocenters. The molecular formula is C22H28F3N9O. The number of hydrogen-bond donors (Lipinski definition) is 2. The quantitative estimate of drug-likeness (QED) is 0.518. The third-order valence-electron chi connectivity index (χ3n) is 5.35. The van der Waals surface area contributed by atoms with Crippen molar-refractivity contribution in [2.24, 2.45) is 10.2 Å². The number of azo groups is 1. The van der Waals surface area contributed by atoms with Crippen LogP contribution in [0.1, 0.15) is 32.4 Å². The largest absolute Gasteiger partial charge is 0.382 e. The van der Waals surface area contributed by atoms with Crippen LogP contribution in [-0.2, 0) is 4.79 Å². The van der Waals surface area contributed by atoms with E-state index in [1.807, 2.05) is 6.07 Å². The second-order valence-corrected chi connectivity index (χ2v) is 8.22. The average Bonchev–Trinajstić information content (AvgIpc) is 3.39. The van der Waals surface area contributed by atoms with E-state index in [0.717, 1.165) is 5.56 Å². The Balaban J connectivity index is 0.000000320. The molecule has 13 heteroatoms. The number of pyridine rings is 1. The van der Waals surface area contributed by atoms with Gasteiger partial charge in [0.15, 0.2) is 5.82 Å². The highest BCUT2D eigenvalue weighted by Crippen LogP contribution is 2.29. The van der Waals surface area contributed by atoms with Crippen LogP contribution in [-0.4, -0.2) is 62.1 Å². The number of likely N-dealkylation sites (tertiary alicyclic amines) is 1. The SMILES string of the molecule is CC(=O)N1CC[C@@H](F)C1.Cc1nc(-c2ccn3nc(N)nc(N)c23)ccc1N=NC(C)CC(F)F. The van der Waals surface area contributed by atoms with Gasteiger partial charge in [-0.05, 0) is 38.5 Å². The lowest BCUT2D eigenvalue weighted by Crippen LogP contribution is -2.25. The summed E-state index contributed by atoms with van der Waals surface area (Å²) < 4.78 is 38.6. The van der Waals surface area contributed by atoms with E-state index < -0.39 is 18.6 Å². The number of nitrogen functional groups attached to an aromatic ring is 2. The van der Waals surface area contributed by atoms with Gasteiger partial charge >= 0.3 is 0 Å². The molecule has 1 amide bonds. The van der Waals surface area contributed by atoms with E-state index in [1.54, 1.807) is 36.7 Å². The van der Waals surface area contributed by atoms with Crippen LogP contribution < -0.4 is 11.5 Å². The van der Waals surface area contributed by atoms with Crippen LogP contribution in [0.3, 0.4) is 0 Å². The first kappa shape index (κ1) is 25.8. The Morgan fingerprint density at radius 1 is 1.26 bits per heavy atom. The number of alkyl halides is 3. The van der Waals surface area contributed by atoms with Crippen molar-refractivity contribution in [2.45, 2.75) is 52.3 Å². The number of nitrogens with zero attached hydrogens (tertiary/aromatic N) is 7. The molecule has 3 aromatic heterocycles. The highest BCUT2D eigenvalue weighted by Gasteiger charge is 2.22. The molecule has 3 aromatic rings. The van der Waals surface area contributed by atoms with Crippen LogP contribution >= 0.6 is 0 Å². The van der Waals surface area contributed by atoms with Gasteiger partial charge in [0.25, 0.3) is 0 Å². The summed E-state index contributed by atoms with van der Waals surface area (Å²) in [6.07, 6.45) is -1.29. The predicted molar refractivity (Wildman–Crippen MR) is 126 cm³/mol. The van der Waals surface area contributed by atoms with Crippen LogP contribution in [0.25, 0.3) is 16.8 Å². The molecule has 4 N–H and O–H groups in total. The molecule has 1 unspecified atom stereocenters. The van der Waals surface area contributed by atoms with Gasteiger partial charge in [-0.2, -0.15) is 15.2 Å². The molecule has 1 aliphatic heterocycles. The number of halogens is 3. The lowest BCUT2D eigenvalue weighted by atomic mass is 10.1. The van der Waals surface area contributed by atoms with Gasteiger partial charge in [-0.15, -0.1) is 5.10 Å². The molecule has 4 heterocycles. The van der Waals surface area contributed by atoms with Gasteiger partial charge in [0.2, 0.25) is 18.3 Å². The lowest BCUT2D eigenvalue weighted by Gasteiger charge is -2.10. The summed E-state index contributed by atoms with van der Waals surface area (Å²) in [5.41, 5.74) is 14.7. The molecular weight excluding hydrogens is 463 g/mol. The second-order valence-electron chi connectivity index (χ2n) is 8.22. The topological polar surface area (TPSA) is 140 Å². The number of rotatable bonds is 5. The molecule has 0 aliphatic carbocycles. The fraction of sp³-hybridized carbons (Fsp3) is 0.455. The van der Waals surface area contributed by atoms with Crippen LogP contribution in [0.15, 0.2) is 34.6 Å². The third-order valence-corrected chi connectivity index (χ3v) is 5.35. The Morgan fingerprint density at radius 3 is 2.57 bits per heavy atom. The molecule has 0 aromatic carbocycles. The standard InChI is InChI=1S/C16H18F2N8.C6H10FNO/c1-8(7-13(17)18)23-24-11-3-4-12(21-9(11)2)10-5-6-26-14(10)15(19)22-16(20)25-26;1-5(9)8-3-2-6(7)4-8/h3-6,8,13H,7H2,1-2H3,(H4,19,20,22,25);6H,2-4H2,1H3/t;6-/m.1/s1. The number of nitrogens with two attached hydrogens (primary N) is 2. The average molecular weight is 492 g/mol. The Labute approximate surface area is 200 Å². The smallest absolute Gasteiger partial charge is 0.240 e. The monoisotopic (exact) mass is 491 g/mol. The number of fused-ring (bicyclic) bond motifs is 1. The van der Waals surface area contributed by atoms with Crippen LogP contribution in [0.2, 0.25) is 0 Å². The highest BCUT2D eigenvalue weighted by atomic mass is 19.3. The van der Waals surface area contributed by atoms with Gasteiger partial charge in [-0.3, -0.25) is 9.78 Å². The summed E-state index contributed by atoms with van der Waals surface area (Å²) in [6, 6.07) is 4.73. The lowest BCUT2D eigenvalue weighted by molar-refractivity contribution is -0.127. The number of carbonyl (C=O) groups excluding carboxylic acids is 1. The van der Waals surface area contributed by atoms with E-state index in [2.05, 4.69) is 25.3 Å². The first-order valence-corrected chi connectivity index (χ1v) is 11.0. The molecule has 35 heavy (non-hydrogen) atoms. The Kier molecular flexibility index (Phi) is 8.20. The van der Waals surface area contributed by atoms with Crippen LogP contribution in [0, 0.1) is 6.92 Å². The van der Waals surface area contributed by atoms with Crippen molar-refractivity contribution < 1.29 is 18.0 Å². The first-order chi connectivity index (χ1) is 16.5. The Bertz CT molecular complexity index is 1210. The molecule has 1 saturated heterocycles. The number of aromatic nitrogens is 4. The molecule has 10 nitrogen and oxygen atoms in total. The minimum Gasteiger partial charge on any atom is -0.382 e. The molecule has 0 saturated carbocycles. The summed E-state index contributed by atoms with van der Waals surface area (Å²) >= 11 is 0. The predicted octanol–water partition coefficient (Wildman–Crippen LogP) is 3.97. The normalized spacial score (nSPS) is 16.7. The summed E-state index contributed by atoms with van der Waals surface area (Å²) in [5.74, 6) is 0.312. The zero-order valence-electron chi connectivity index (χ0n) is 19.7. The number of amides is 1. The van der Waals surface area contributed by atoms with Gasteiger partial charge in [0, 0.05) is 31.6 Å². The molecule has 0 spiro atoms. The minimum absolute atomic E-state index is 0.0184. The third kappa shape index (κ3) is 6.64. The van der Waals surface area contributed by atoms with Crippen molar-refractivity contribution in [3.05, 3.63) is 30.1 Å². The number of anilines is 2. The molecule has 1 aliphatic rings. The van der Waals surface area contributed by atoms with E-state index in [1.165, 1.54) is 11.8 Å². The van der Waals surface area contributed by atoms with Crippen molar-refractivity contribution in [3.8, 4) is 11.3 Å². The van der Waals surface area contributed by atoms with Crippen LogP contribution in [0.4, 0.5) is 30.6 Å². The van der Waals surface area contributed by atoms with E-state index in [9.17, 15) is 18.0 Å². The fourth-order valence-electron chi connectivity index (χ4n) is 3.56. The molecule has 1 fully saturated rings. The van der Waals surface area contributed by atoms with Crippen molar-refractivity contribution in [1.29, 1.82) is 0 Å². The van der Waals surface area contributed by atoms with Crippen molar-refractivity contribution in [1.82, 2.24) is 24.5 Å². The number of carbonyl (C=O) groups is 1. The van der Waals surface area contributed by atoms with Gasteiger partial charge in [-0.1, -0.05) is 0 Å². The second kappa shape index (κ2) is 11.1. The summed E-state index contributed by atoms with van der Waals surface area (Å²) in [7, 11) is 0. The summed E-state index contributed by atoms with van der Waals surface area (Å²) in [4.78, 5) is 20.6. The van der Waals surface area contributed by atoms with E-state index in [-0.39, 0.29) is 24.1 Å². The van der Waals surface area contributed by atoms with E-state index >= 15 is 0 Å². The van der Waals surface area contributed by atoms with Crippen molar-refractivity contribution in [2.75, 3.05) is 24.6 Å². The van der Waals surface area contributed by atoms with E-state index in [0.29, 0.717) is 42.1 Å².